The molecular formula is C16H26N2O2. The highest BCUT2D eigenvalue weighted by molar-refractivity contribution is 5.77. The molecule has 0 radical (unpaired) electrons. The minimum absolute atomic E-state index is 0.0179. The average Bonchev–Trinajstić information content (AvgIpc) is 2.47. The van der Waals surface area contributed by atoms with Crippen molar-refractivity contribution < 1.29 is 9.53 Å². The second-order valence-corrected chi connectivity index (χ2v) is 4.77. The Morgan fingerprint density at radius 3 is 2.70 bits per heavy atom. The number of hydrogen-bond acceptors (Lipinski definition) is 3. The van der Waals surface area contributed by atoms with Gasteiger partial charge in [0, 0.05) is 19.7 Å². The standard InChI is InChI=1S/C16H26N2O2/c1-2-3-11-18-16(19)14-20-12-7-10-17-13-15-8-5-4-6-9-15/h4-6,8-9,17H,2-3,7,10-14H2,1H3,(H,18,19). The van der Waals surface area contributed by atoms with Gasteiger partial charge >= 0.3 is 0 Å². The molecule has 0 aromatic heterocycles. The van der Waals surface area contributed by atoms with Crippen molar-refractivity contribution in [1.82, 2.24) is 10.6 Å². The van der Waals surface area contributed by atoms with Gasteiger partial charge < -0.3 is 15.4 Å². The van der Waals surface area contributed by atoms with Crippen molar-refractivity contribution in [2.45, 2.75) is 32.7 Å². The molecule has 4 nitrogen and oxygen atoms in total. The summed E-state index contributed by atoms with van der Waals surface area (Å²) in [6.45, 7) is 5.40. The summed E-state index contributed by atoms with van der Waals surface area (Å²) >= 11 is 0. The lowest BCUT2D eigenvalue weighted by Gasteiger charge is -2.07. The first kappa shape index (κ1) is 16.7. The summed E-state index contributed by atoms with van der Waals surface area (Å²) in [5.41, 5.74) is 1.28. The zero-order valence-electron chi connectivity index (χ0n) is 12.4. The molecule has 0 fully saturated rings. The second-order valence-electron chi connectivity index (χ2n) is 4.77. The van der Waals surface area contributed by atoms with Crippen molar-refractivity contribution in [1.29, 1.82) is 0 Å². The van der Waals surface area contributed by atoms with E-state index in [0.29, 0.717) is 6.61 Å². The van der Waals surface area contributed by atoms with Crippen LogP contribution in [-0.4, -0.2) is 32.2 Å². The molecule has 0 bridgehead atoms. The van der Waals surface area contributed by atoms with Crippen LogP contribution in [-0.2, 0) is 16.1 Å². The third kappa shape index (κ3) is 8.67. The summed E-state index contributed by atoms with van der Waals surface area (Å²) in [6.07, 6.45) is 3.03. The van der Waals surface area contributed by atoms with E-state index in [4.69, 9.17) is 4.74 Å². The van der Waals surface area contributed by atoms with Gasteiger partial charge in [-0.1, -0.05) is 43.7 Å². The van der Waals surface area contributed by atoms with Crippen LogP contribution >= 0.6 is 0 Å². The van der Waals surface area contributed by atoms with Crippen LogP contribution < -0.4 is 10.6 Å². The Kier molecular flexibility index (Phi) is 9.53. The van der Waals surface area contributed by atoms with Crippen molar-refractivity contribution in [2.24, 2.45) is 0 Å². The quantitative estimate of drug-likeness (QED) is 0.609. The summed E-state index contributed by atoms with van der Waals surface area (Å²) < 4.78 is 5.33. The summed E-state index contributed by atoms with van der Waals surface area (Å²) in [5.74, 6) is -0.0179. The molecule has 0 saturated heterocycles. The van der Waals surface area contributed by atoms with Crippen LogP contribution in [0.25, 0.3) is 0 Å². The van der Waals surface area contributed by atoms with Crippen LogP contribution in [0.1, 0.15) is 31.7 Å². The Hall–Kier alpha value is -1.39. The van der Waals surface area contributed by atoms with E-state index in [-0.39, 0.29) is 12.5 Å². The van der Waals surface area contributed by atoms with Gasteiger partial charge in [-0.15, -0.1) is 0 Å². The van der Waals surface area contributed by atoms with Gasteiger partial charge in [-0.05, 0) is 24.9 Å². The number of carbonyl (C=O) groups is 1. The van der Waals surface area contributed by atoms with Crippen LogP contribution in [0.5, 0.6) is 0 Å². The van der Waals surface area contributed by atoms with E-state index in [9.17, 15) is 4.79 Å². The Labute approximate surface area is 121 Å². The summed E-state index contributed by atoms with van der Waals surface area (Å²) in [5, 5.41) is 6.18. The maximum absolute atomic E-state index is 11.3. The number of rotatable bonds is 11. The molecule has 4 heteroatoms. The van der Waals surface area contributed by atoms with E-state index < -0.39 is 0 Å². The Balaban J connectivity index is 1.88. The largest absolute Gasteiger partial charge is 0.372 e. The maximum Gasteiger partial charge on any atom is 0.245 e. The van der Waals surface area contributed by atoms with E-state index in [1.54, 1.807) is 0 Å². The van der Waals surface area contributed by atoms with Crippen LogP contribution in [0.3, 0.4) is 0 Å². The van der Waals surface area contributed by atoms with Crippen molar-refractivity contribution in [2.75, 3.05) is 26.3 Å². The molecule has 1 aromatic carbocycles. The van der Waals surface area contributed by atoms with Crippen LogP contribution in [0.15, 0.2) is 30.3 Å². The van der Waals surface area contributed by atoms with Gasteiger partial charge in [0.05, 0.1) is 0 Å². The number of ether oxygens (including phenoxy) is 1. The lowest BCUT2D eigenvalue weighted by molar-refractivity contribution is -0.125. The van der Waals surface area contributed by atoms with Crippen LogP contribution in [0, 0.1) is 0 Å². The van der Waals surface area contributed by atoms with Gasteiger partial charge in [0.25, 0.3) is 0 Å². The van der Waals surface area contributed by atoms with Gasteiger partial charge in [-0.3, -0.25) is 4.79 Å². The first-order valence-electron chi connectivity index (χ1n) is 7.42. The molecule has 0 aliphatic heterocycles. The fourth-order valence-electron chi connectivity index (χ4n) is 1.75. The monoisotopic (exact) mass is 278 g/mol. The minimum atomic E-state index is -0.0179. The number of amides is 1. The van der Waals surface area contributed by atoms with E-state index in [2.05, 4.69) is 29.7 Å². The molecule has 1 amide bonds. The van der Waals surface area contributed by atoms with E-state index in [1.807, 2.05) is 18.2 Å². The first-order valence-corrected chi connectivity index (χ1v) is 7.42. The molecule has 2 N–H and O–H groups in total. The Bertz CT molecular complexity index is 355. The summed E-state index contributed by atoms with van der Waals surface area (Å²) in [4.78, 5) is 11.3. The second kappa shape index (κ2) is 11.4. The molecule has 20 heavy (non-hydrogen) atoms. The van der Waals surface area contributed by atoms with E-state index in [0.717, 1.165) is 38.9 Å². The van der Waals surface area contributed by atoms with Crippen molar-refractivity contribution in [3.05, 3.63) is 35.9 Å². The van der Waals surface area contributed by atoms with Gasteiger partial charge in [0.15, 0.2) is 0 Å². The minimum Gasteiger partial charge on any atom is -0.372 e. The lowest BCUT2D eigenvalue weighted by atomic mass is 10.2. The molecule has 112 valence electrons. The molecular weight excluding hydrogens is 252 g/mol. The highest BCUT2D eigenvalue weighted by Gasteiger charge is 1.99. The van der Waals surface area contributed by atoms with Gasteiger partial charge in [-0.25, -0.2) is 0 Å². The predicted molar refractivity (Wildman–Crippen MR) is 81.5 cm³/mol. The van der Waals surface area contributed by atoms with E-state index >= 15 is 0 Å². The number of benzene rings is 1. The third-order valence-electron chi connectivity index (χ3n) is 2.90. The summed E-state index contributed by atoms with van der Waals surface area (Å²) in [7, 11) is 0. The van der Waals surface area contributed by atoms with Crippen molar-refractivity contribution >= 4 is 5.91 Å². The SMILES string of the molecule is CCCCNC(=O)COCCCNCc1ccccc1. The summed E-state index contributed by atoms with van der Waals surface area (Å²) in [6, 6.07) is 10.3. The smallest absolute Gasteiger partial charge is 0.245 e. The molecule has 0 spiro atoms. The molecule has 0 saturated carbocycles. The van der Waals surface area contributed by atoms with Crippen LogP contribution in [0.4, 0.5) is 0 Å². The van der Waals surface area contributed by atoms with Crippen molar-refractivity contribution in [3.63, 3.8) is 0 Å². The number of nitrogens with one attached hydrogen (secondary N) is 2. The number of unbranched alkanes of at least 4 members (excludes halogenated alkanes) is 1. The third-order valence-corrected chi connectivity index (χ3v) is 2.90. The van der Waals surface area contributed by atoms with E-state index in [1.165, 1.54) is 5.56 Å². The maximum atomic E-state index is 11.3. The zero-order chi connectivity index (χ0) is 14.5. The fourth-order valence-corrected chi connectivity index (χ4v) is 1.75. The molecule has 0 atom stereocenters. The number of carbonyl (C=O) groups excluding carboxylic acids is 1. The zero-order valence-corrected chi connectivity index (χ0v) is 12.4. The average molecular weight is 278 g/mol. The normalized spacial score (nSPS) is 10.4. The fraction of sp³-hybridized carbons (Fsp3) is 0.562. The van der Waals surface area contributed by atoms with Crippen LogP contribution in [0.2, 0.25) is 0 Å². The Morgan fingerprint density at radius 2 is 1.95 bits per heavy atom. The van der Waals surface area contributed by atoms with Gasteiger partial charge in [0.2, 0.25) is 5.91 Å². The first-order chi connectivity index (χ1) is 9.83. The van der Waals surface area contributed by atoms with Gasteiger partial charge in [0.1, 0.15) is 6.61 Å². The molecule has 0 aliphatic carbocycles. The molecule has 1 aromatic rings. The highest BCUT2D eigenvalue weighted by atomic mass is 16.5. The Morgan fingerprint density at radius 1 is 1.15 bits per heavy atom. The lowest BCUT2D eigenvalue weighted by Crippen LogP contribution is -2.28. The molecule has 0 heterocycles. The predicted octanol–water partition coefficient (Wildman–Crippen LogP) is 2.10. The number of hydrogen-bond donors (Lipinski definition) is 2. The van der Waals surface area contributed by atoms with Crippen molar-refractivity contribution in [3.8, 4) is 0 Å². The molecule has 0 aliphatic rings. The van der Waals surface area contributed by atoms with Gasteiger partial charge in [-0.2, -0.15) is 0 Å². The molecule has 0 unspecified atom stereocenters. The highest BCUT2D eigenvalue weighted by Crippen LogP contribution is 1.96. The molecule has 1 rings (SSSR count). The topological polar surface area (TPSA) is 50.4 Å².